The molecule has 0 bridgehead atoms. The minimum atomic E-state index is -1.23. The summed E-state index contributed by atoms with van der Waals surface area (Å²) in [5.74, 6) is -3.42. The van der Waals surface area contributed by atoms with Gasteiger partial charge in [0.1, 0.15) is 35.2 Å². The van der Waals surface area contributed by atoms with Crippen LogP contribution in [0.1, 0.15) is 68.9 Å². The van der Waals surface area contributed by atoms with Crippen LogP contribution in [0.5, 0.6) is 11.5 Å². The van der Waals surface area contributed by atoms with Gasteiger partial charge >= 0.3 is 0 Å². The number of fused-ring (bicyclic) bond motifs is 1. The van der Waals surface area contributed by atoms with E-state index in [1.54, 1.807) is 43.6 Å². The zero-order chi connectivity index (χ0) is 52.6. The molecular weight excluding hydrogens is 948 g/mol. The number of phenols is 1. The third-order valence-corrected chi connectivity index (χ3v) is 13.8. The Morgan fingerprint density at radius 2 is 1.66 bits per heavy atom. The molecule has 74 heavy (non-hydrogen) atoms. The lowest BCUT2D eigenvalue weighted by atomic mass is 9.81. The number of para-hydroxylation sites is 1. The maximum Gasteiger partial charge on any atom is 0.243 e. The molecule has 19 heteroatoms. The molecule has 4 amide bonds. The van der Waals surface area contributed by atoms with Crippen molar-refractivity contribution < 1.29 is 42.9 Å². The highest BCUT2D eigenvalue weighted by molar-refractivity contribution is 5.97. The van der Waals surface area contributed by atoms with Crippen LogP contribution in [0, 0.1) is 23.1 Å². The summed E-state index contributed by atoms with van der Waals surface area (Å²) in [7, 11) is 1.59. The van der Waals surface area contributed by atoms with Gasteiger partial charge in [-0.25, -0.2) is 4.39 Å². The Morgan fingerprint density at radius 3 is 2.41 bits per heavy atom. The number of carbonyl (C=O) groups excluding carboxylic acids is 5. The summed E-state index contributed by atoms with van der Waals surface area (Å²) in [5.41, 5.74) is 16.2. The van der Waals surface area contributed by atoms with Gasteiger partial charge in [0.2, 0.25) is 23.6 Å². The van der Waals surface area contributed by atoms with E-state index in [4.69, 9.17) is 26.4 Å². The van der Waals surface area contributed by atoms with Gasteiger partial charge in [0.05, 0.1) is 32.6 Å². The van der Waals surface area contributed by atoms with Crippen LogP contribution in [0.3, 0.4) is 0 Å². The molecule has 1 aromatic heterocycles. The number of guanidine groups is 1. The summed E-state index contributed by atoms with van der Waals surface area (Å²) in [6.45, 7) is 1.84. The summed E-state index contributed by atoms with van der Waals surface area (Å²) in [6.07, 6.45) is 6.28. The topological polar surface area (TPSA) is 279 Å². The Hall–Kier alpha value is -7.51. The number of rotatable bonds is 24. The first-order chi connectivity index (χ1) is 35.7. The fraction of sp³-hybridized carbons (Fsp3) is 0.418. The van der Waals surface area contributed by atoms with Gasteiger partial charge in [0.15, 0.2) is 5.96 Å². The van der Waals surface area contributed by atoms with Crippen LogP contribution in [0.2, 0.25) is 0 Å². The molecule has 1 aliphatic carbocycles. The molecule has 5 atom stereocenters. The molecule has 0 spiro atoms. The zero-order valence-electron chi connectivity index (χ0n) is 41.9. The Bertz CT molecular complexity index is 2750. The number of nitrogens with two attached hydrogens (primary N) is 2. The number of ether oxygens (including phenoxy) is 2. The summed E-state index contributed by atoms with van der Waals surface area (Å²) in [6, 6.07) is 21.9. The van der Waals surface area contributed by atoms with Gasteiger partial charge in [-0.2, -0.15) is 0 Å². The molecule has 2 aliphatic rings. The minimum absolute atomic E-state index is 0.0104. The molecule has 0 radical (unpaired) electrons. The lowest BCUT2D eigenvalue weighted by Gasteiger charge is -2.29. The van der Waals surface area contributed by atoms with Gasteiger partial charge in [-0.15, -0.1) is 0 Å². The van der Waals surface area contributed by atoms with Gasteiger partial charge in [0, 0.05) is 78.7 Å². The number of benzene rings is 4. The monoisotopic (exact) mass is 1020 g/mol. The number of aromatic hydroxyl groups is 1. The number of ketones is 1. The number of phenolic OH excluding ortho intramolecular Hbond substituents is 1. The van der Waals surface area contributed by atoms with Crippen LogP contribution in [0.15, 0.2) is 91.1 Å². The number of unbranched alkanes of at least 4 members (excludes halogenated alkanes) is 1. The van der Waals surface area contributed by atoms with E-state index in [0.717, 1.165) is 41.5 Å². The first-order valence-corrected chi connectivity index (χ1v) is 25.4. The average Bonchev–Trinajstić information content (AvgIpc) is 3.79. The van der Waals surface area contributed by atoms with E-state index in [1.165, 1.54) is 6.07 Å². The minimum Gasteiger partial charge on any atom is -0.508 e. The van der Waals surface area contributed by atoms with E-state index >= 15 is 4.39 Å². The average molecular weight is 1020 g/mol. The van der Waals surface area contributed by atoms with E-state index in [1.807, 2.05) is 53.4 Å². The largest absolute Gasteiger partial charge is 0.508 e. The van der Waals surface area contributed by atoms with Crippen molar-refractivity contribution in [3.63, 3.8) is 0 Å². The fourth-order valence-electron chi connectivity index (χ4n) is 9.78. The second kappa shape index (κ2) is 26.4. The summed E-state index contributed by atoms with van der Waals surface area (Å²) < 4.78 is 26.1. The number of aromatic nitrogens is 1. The predicted octanol–water partition coefficient (Wildman–Crippen LogP) is 5.17. The van der Waals surface area contributed by atoms with Crippen molar-refractivity contribution in [3.8, 4) is 22.6 Å². The van der Waals surface area contributed by atoms with Crippen molar-refractivity contribution in [3.05, 3.63) is 108 Å². The van der Waals surface area contributed by atoms with Crippen LogP contribution in [0.25, 0.3) is 22.0 Å². The summed E-state index contributed by atoms with van der Waals surface area (Å²) in [4.78, 5) is 75.5. The lowest BCUT2D eigenvalue weighted by molar-refractivity contribution is -0.134. The highest BCUT2D eigenvalue weighted by Crippen LogP contribution is 2.32. The maximum absolute atomic E-state index is 15.2. The number of nitrogens with zero attached hydrogens (tertiary/aromatic N) is 1. The Labute approximate surface area is 430 Å². The number of H-pyrrole nitrogens is 1. The normalized spacial score (nSPS) is 16.8. The third-order valence-electron chi connectivity index (χ3n) is 13.8. The Morgan fingerprint density at radius 1 is 0.892 bits per heavy atom. The molecule has 18 nitrogen and oxygen atoms in total. The molecule has 2 fully saturated rings. The van der Waals surface area contributed by atoms with Crippen LogP contribution < -0.4 is 47.7 Å². The summed E-state index contributed by atoms with van der Waals surface area (Å²) in [5, 5.41) is 32.5. The Balaban J connectivity index is 1.11. The first-order valence-electron chi connectivity index (χ1n) is 25.4. The van der Waals surface area contributed by atoms with E-state index in [0.29, 0.717) is 74.5 Å². The predicted molar refractivity (Wildman–Crippen MR) is 282 cm³/mol. The molecule has 1 aliphatic heterocycles. The number of amides is 4. The SMILES string of the molecule is COc1ccccc1-c1ccc(C[C@H](NC(=O)[C@@H](CCC(=O)[C@H]2CCC[C@H](N)C2)Cc2c[nH]c3ccc(O)cc23)C(=O)N[C@@H](CCCCNC(=N)N)C(=O)NCC(=O)Nc2ccc(N3CCOCC3)c(F)c2)cc1. The zero-order valence-corrected chi connectivity index (χ0v) is 41.9. The van der Waals surface area contributed by atoms with Gasteiger partial charge in [-0.05, 0) is 111 Å². The van der Waals surface area contributed by atoms with Crippen molar-refractivity contribution in [2.75, 3.05) is 56.7 Å². The molecule has 5 aromatic rings. The number of morpholine rings is 1. The van der Waals surface area contributed by atoms with Crippen LogP contribution in [-0.2, 0) is 41.6 Å². The Kier molecular flexibility index (Phi) is 19.4. The summed E-state index contributed by atoms with van der Waals surface area (Å²) >= 11 is 0. The van der Waals surface area contributed by atoms with Crippen LogP contribution >= 0.6 is 0 Å². The van der Waals surface area contributed by atoms with Crippen LogP contribution in [0.4, 0.5) is 15.8 Å². The molecule has 0 unspecified atom stereocenters. The third kappa shape index (κ3) is 15.3. The second-order valence-electron chi connectivity index (χ2n) is 19.2. The maximum atomic E-state index is 15.2. The number of anilines is 2. The van der Waals surface area contributed by atoms with E-state index in [9.17, 15) is 29.1 Å². The lowest BCUT2D eigenvalue weighted by Crippen LogP contribution is -2.55. The number of halogens is 1. The van der Waals surface area contributed by atoms with E-state index in [2.05, 4.69) is 31.6 Å². The van der Waals surface area contributed by atoms with Gasteiger partial charge in [0.25, 0.3) is 0 Å². The smallest absolute Gasteiger partial charge is 0.243 e. The molecule has 7 rings (SSSR count). The van der Waals surface area contributed by atoms with E-state index < -0.39 is 54.0 Å². The molecule has 2 heterocycles. The molecule has 4 aromatic carbocycles. The van der Waals surface area contributed by atoms with Crippen molar-refractivity contribution in [1.29, 1.82) is 5.41 Å². The van der Waals surface area contributed by atoms with Crippen molar-refractivity contribution in [1.82, 2.24) is 26.3 Å². The molecule has 394 valence electrons. The highest BCUT2D eigenvalue weighted by atomic mass is 19.1. The second-order valence-corrected chi connectivity index (χ2v) is 19.2. The molecule has 1 saturated heterocycles. The number of nitrogens with one attached hydrogen (secondary N) is 7. The van der Waals surface area contributed by atoms with Crippen LogP contribution in [-0.4, -0.2) is 110 Å². The molecule has 12 N–H and O–H groups in total. The quantitative estimate of drug-likeness (QED) is 0.0218. The fourth-order valence-corrected chi connectivity index (χ4v) is 9.78. The number of aromatic amines is 1. The highest BCUT2D eigenvalue weighted by Gasteiger charge is 2.32. The number of hydrogen-bond acceptors (Lipinski definition) is 11. The number of methoxy groups -OCH3 is 1. The first kappa shape index (κ1) is 54.3. The molecule has 1 saturated carbocycles. The van der Waals surface area contributed by atoms with Crippen molar-refractivity contribution in [2.45, 2.75) is 88.8 Å². The van der Waals surface area contributed by atoms with Gasteiger partial charge in [-0.3, -0.25) is 29.4 Å². The van der Waals surface area contributed by atoms with Crippen molar-refractivity contribution in [2.24, 2.45) is 23.3 Å². The standard InChI is InChI=1S/C55H69FN10O8/c1-73-50-11-3-2-9-42(50)35-14-12-34(13-15-35)27-47(65-52(70)37(16-21-49(68)36-7-6-8-39(57)29-36)28-38-32-61-45-19-18-41(67)31-43(38)45)54(72)64-46(10-4-5-22-60-55(58)59)53(71)62-33-51(69)63-40-17-20-48(44(56)30-40)66-23-25-74-26-24-66/h2-3,9,11-15,17-20,30-32,36-37,39,46-47,61,67H,4-8,10,16,21-29,33,57H2,1H3,(H,62,71)(H,63,69)(H,64,72)(H,65,70)(H4,58,59,60)/t36-,37-,39-,46-,47-/m0/s1. The van der Waals surface area contributed by atoms with Gasteiger partial charge in [-0.1, -0.05) is 48.9 Å². The molecular formula is C55H69FN10O8. The number of hydrogen-bond donors (Lipinski definition) is 10. The van der Waals surface area contributed by atoms with Crippen molar-refractivity contribution >= 4 is 57.6 Å². The van der Waals surface area contributed by atoms with Gasteiger partial charge < -0.3 is 62.5 Å². The number of carbonyl (C=O) groups is 5. The number of Topliss-reactive ketones (excluding diaryl/α,β-unsaturated/α-hetero) is 1. The van der Waals surface area contributed by atoms with E-state index in [-0.39, 0.29) is 67.2 Å².